The van der Waals surface area contributed by atoms with E-state index in [1.54, 1.807) is 0 Å². The highest BCUT2D eigenvalue weighted by Crippen LogP contribution is 2.30. The highest BCUT2D eigenvalue weighted by molar-refractivity contribution is 7.89. The van der Waals surface area contributed by atoms with Gasteiger partial charge in [0.05, 0.1) is 16.0 Å². The van der Waals surface area contributed by atoms with Gasteiger partial charge in [0.1, 0.15) is 5.75 Å². The van der Waals surface area contributed by atoms with Crippen LogP contribution in [0.1, 0.15) is 42.9 Å². The quantitative estimate of drug-likeness (QED) is 0.399. The van der Waals surface area contributed by atoms with E-state index in [9.17, 15) is 13.2 Å². The van der Waals surface area contributed by atoms with Crippen LogP contribution in [0.25, 0.3) is 0 Å². The average molecular weight is 568 g/mol. The predicted molar refractivity (Wildman–Crippen MR) is 152 cm³/mol. The molecule has 2 aliphatic rings. The normalized spacial score (nSPS) is 17.0. The van der Waals surface area contributed by atoms with Crippen LogP contribution in [0.4, 0.5) is 0 Å². The summed E-state index contributed by atoms with van der Waals surface area (Å²) >= 11 is 6.34. The Balaban J connectivity index is 1.17. The number of rotatable bonds is 9. The van der Waals surface area contributed by atoms with E-state index in [0.717, 1.165) is 38.8 Å². The number of carbonyl (C=O) groups is 1. The largest absolute Gasteiger partial charge is 0.482 e. The predicted octanol–water partition coefficient (Wildman–Crippen LogP) is 4.87. The Hall–Kier alpha value is -2.91. The molecular weight excluding hydrogens is 534 g/mol. The van der Waals surface area contributed by atoms with E-state index in [4.69, 9.17) is 16.3 Å². The van der Waals surface area contributed by atoms with Crippen molar-refractivity contribution in [3.8, 4) is 5.75 Å². The molecule has 3 aromatic rings. The van der Waals surface area contributed by atoms with Gasteiger partial charge in [0.25, 0.3) is 5.91 Å². The number of hydrogen-bond donors (Lipinski definition) is 1. The second-order valence-corrected chi connectivity index (χ2v) is 12.2. The fourth-order valence-electron chi connectivity index (χ4n) is 5.44. The molecule has 0 spiro atoms. The van der Waals surface area contributed by atoms with Crippen molar-refractivity contribution in [2.45, 2.75) is 42.7 Å². The zero-order valence-electron chi connectivity index (χ0n) is 21.8. The van der Waals surface area contributed by atoms with E-state index in [-0.39, 0.29) is 40.3 Å². The van der Waals surface area contributed by atoms with Crippen LogP contribution in [0.15, 0.2) is 83.8 Å². The Morgan fingerprint density at radius 1 is 0.897 bits per heavy atom. The van der Waals surface area contributed by atoms with Gasteiger partial charge in [-0.15, -0.1) is 0 Å². The third kappa shape index (κ3) is 6.81. The van der Waals surface area contributed by atoms with Crippen LogP contribution in [0.3, 0.4) is 0 Å². The maximum Gasteiger partial charge on any atom is 0.260 e. The van der Waals surface area contributed by atoms with E-state index in [0.29, 0.717) is 13.1 Å². The second-order valence-electron chi connectivity index (χ2n) is 10.1. The van der Waals surface area contributed by atoms with E-state index < -0.39 is 10.0 Å². The lowest BCUT2D eigenvalue weighted by Crippen LogP contribution is -2.51. The van der Waals surface area contributed by atoms with Gasteiger partial charge in [-0.1, -0.05) is 85.1 Å². The topological polar surface area (TPSA) is 78.9 Å². The van der Waals surface area contributed by atoms with Crippen molar-refractivity contribution in [3.63, 3.8) is 0 Å². The molecule has 0 aromatic heterocycles. The van der Waals surface area contributed by atoms with Crippen molar-refractivity contribution in [1.82, 2.24) is 14.5 Å². The zero-order valence-corrected chi connectivity index (χ0v) is 23.4. The van der Waals surface area contributed by atoms with Crippen molar-refractivity contribution >= 4 is 27.5 Å². The first kappa shape index (κ1) is 27.6. The molecule has 9 heteroatoms. The summed E-state index contributed by atoms with van der Waals surface area (Å²) in [6, 6.07) is 25.3. The van der Waals surface area contributed by atoms with Crippen molar-refractivity contribution < 1.29 is 17.9 Å². The molecular formula is C30H34ClN3O4S. The molecule has 2 fully saturated rings. The molecule has 1 amide bonds. The van der Waals surface area contributed by atoms with Crippen LogP contribution >= 0.6 is 11.6 Å². The molecule has 0 radical (unpaired) electrons. The van der Waals surface area contributed by atoms with Crippen molar-refractivity contribution in [2.75, 3.05) is 32.8 Å². The lowest BCUT2D eigenvalue weighted by molar-refractivity contribution is -0.135. The first-order chi connectivity index (χ1) is 18.9. The summed E-state index contributed by atoms with van der Waals surface area (Å²) in [4.78, 5) is 17.3. The molecule has 1 aliphatic carbocycles. The fraction of sp³-hybridized carbons (Fsp3) is 0.367. The Labute approximate surface area is 235 Å². The molecule has 1 aliphatic heterocycles. The van der Waals surface area contributed by atoms with Gasteiger partial charge in [0.15, 0.2) is 6.61 Å². The summed E-state index contributed by atoms with van der Waals surface area (Å²) in [5.41, 5.74) is 2.45. The van der Waals surface area contributed by atoms with Crippen LogP contribution in [-0.4, -0.2) is 63.0 Å². The number of amides is 1. The van der Waals surface area contributed by atoms with Gasteiger partial charge in [-0.2, -0.15) is 0 Å². The van der Waals surface area contributed by atoms with Crippen LogP contribution in [0.5, 0.6) is 5.75 Å². The van der Waals surface area contributed by atoms with Crippen molar-refractivity contribution in [1.29, 1.82) is 0 Å². The number of nitrogens with one attached hydrogen (secondary N) is 1. The summed E-state index contributed by atoms with van der Waals surface area (Å²) in [5.74, 6) is 0.165. The van der Waals surface area contributed by atoms with Gasteiger partial charge in [-0.3, -0.25) is 9.69 Å². The fourth-order valence-corrected chi connectivity index (χ4v) is 7.07. The van der Waals surface area contributed by atoms with Crippen LogP contribution in [0, 0.1) is 0 Å². The molecule has 1 saturated carbocycles. The molecule has 3 aromatic carbocycles. The number of nitrogens with zero attached hydrogens (tertiary/aromatic N) is 2. The minimum atomic E-state index is -3.65. The highest BCUT2D eigenvalue weighted by atomic mass is 35.5. The smallest absolute Gasteiger partial charge is 0.260 e. The lowest BCUT2D eigenvalue weighted by atomic mass is 9.96. The summed E-state index contributed by atoms with van der Waals surface area (Å²) in [5, 5.41) is 0.162. The summed E-state index contributed by atoms with van der Waals surface area (Å²) in [6.07, 6.45) is 3.77. The number of benzene rings is 3. The number of sulfonamides is 1. The number of carbonyl (C=O) groups excluding carboxylic acids is 1. The van der Waals surface area contributed by atoms with Crippen LogP contribution in [-0.2, 0) is 14.8 Å². The maximum absolute atomic E-state index is 13.0. The molecule has 0 bridgehead atoms. The first-order valence-corrected chi connectivity index (χ1v) is 15.3. The Bertz CT molecular complexity index is 1320. The number of piperazine rings is 1. The van der Waals surface area contributed by atoms with Gasteiger partial charge in [-0.25, -0.2) is 13.1 Å². The first-order valence-electron chi connectivity index (χ1n) is 13.5. The molecule has 0 atom stereocenters. The third-order valence-corrected chi connectivity index (χ3v) is 9.32. The Kier molecular flexibility index (Phi) is 8.87. The third-order valence-electron chi connectivity index (χ3n) is 7.50. The summed E-state index contributed by atoms with van der Waals surface area (Å²) < 4.78 is 33.9. The maximum atomic E-state index is 13.0. The van der Waals surface area contributed by atoms with Gasteiger partial charge in [0, 0.05) is 32.2 Å². The number of halogens is 1. The minimum absolute atomic E-state index is 0.0292. The molecule has 1 N–H and O–H groups in total. The molecule has 0 unspecified atom stereocenters. The van der Waals surface area contributed by atoms with Gasteiger partial charge < -0.3 is 9.64 Å². The Morgan fingerprint density at radius 3 is 2.05 bits per heavy atom. The standard InChI is InChI=1S/C30H34ClN3O4S/c31-27-21-26(39(36,37)32-25-13-7-8-14-25)15-16-28(27)38-22-29(35)33-17-19-34(20-18-33)30(23-9-3-1-4-10-23)24-11-5-2-6-12-24/h1-6,9-12,15-16,21,25,30,32H,7-8,13-14,17-20,22H2. The van der Waals surface area contributed by atoms with E-state index in [2.05, 4.69) is 58.2 Å². The summed E-state index contributed by atoms with van der Waals surface area (Å²) in [7, 11) is -3.65. The van der Waals surface area contributed by atoms with Crippen LogP contribution in [0.2, 0.25) is 5.02 Å². The van der Waals surface area contributed by atoms with E-state index in [1.165, 1.54) is 29.3 Å². The van der Waals surface area contributed by atoms with E-state index in [1.807, 2.05) is 17.0 Å². The molecule has 1 heterocycles. The highest BCUT2D eigenvalue weighted by Gasteiger charge is 2.28. The van der Waals surface area contributed by atoms with Gasteiger partial charge >= 0.3 is 0 Å². The van der Waals surface area contributed by atoms with Crippen molar-refractivity contribution in [3.05, 3.63) is 95.0 Å². The number of hydrogen-bond acceptors (Lipinski definition) is 5. The SMILES string of the molecule is O=C(COc1ccc(S(=O)(=O)NC2CCCC2)cc1Cl)N1CCN(C(c2ccccc2)c2ccccc2)CC1. The summed E-state index contributed by atoms with van der Waals surface area (Å²) in [6.45, 7) is 2.50. The van der Waals surface area contributed by atoms with Gasteiger partial charge in [-0.05, 0) is 42.2 Å². The van der Waals surface area contributed by atoms with Gasteiger partial charge in [0.2, 0.25) is 10.0 Å². The molecule has 39 heavy (non-hydrogen) atoms. The zero-order chi connectivity index (χ0) is 27.2. The number of ether oxygens (including phenoxy) is 1. The molecule has 206 valence electrons. The van der Waals surface area contributed by atoms with Crippen LogP contribution < -0.4 is 9.46 Å². The Morgan fingerprint density at radius 2 is 1.49 bits per heavy atom. The monoisotopic (exact) mass is 567 g/mol. The molecule has 7 nitrogen and oxygen atoms in total. The van der Waals surface area contributed by atoms with Crippen molar-refractivity contribution in [2.24, 2.45) is 0 Å². The molecule has 1 saturated heterocycles. The lowest BCUT2D eigenvalue weighted by Gasteiger charge is -2.39. The minimum Gasteiger partial charge on any atom is -0.482 e. The molecule has 5 rings (SSSR count). The van der Waals surface area contributed by atoms with E-state index >= 15 is 0 Å². The second kappa shape index (κ2) is 12.5. The average Bonchev–Trinajstić information content (AvgIpc) is 3.46.